The zero-order chi connectivity index (χ0) is 29.3. The Kier molecular flexibility index (Phi) is 6.59. The molecule has 0 unspecified atom stereocenters. The molecule has 0 N–H and O–H groups in total. The van der Waals surface area contributed by atoms with Crippen molar-refractivity contribution in [1.82, 2.24) is 0 Å². The van der Waals surface area contributed by atoms with Crippen LogP contribution in [0.15, 0.2) is 182 Å². The topological polar surface area (TPSA) is 0 Å². The van der Waals surface area contributed by atoms with Crippen LogP contribution in [0.5, 0.6) is 0 Å². The van der Waals surface area contributed by atoms with E-state index in [2.05, 4.69) is 182 Å². The van der Waals surface area contributed by atoms with Gasteiger partial charge in [-0.3, -0.25) is 0 Å². The summed E-state index contributed by atoms with van der Waals surface area (Å²) in [5.41, 5.74) is 12.4. The van der Waals surface area contributed by atoms with Gasteiger partial charge in [0.25, 0.3) is 0 Å². The monoisotopic (exact) mass is 558 g/mol. The summed E-state index contributed by atoms with van der Waals surface area (Å²) in [4.78, 5) is 0. The molecule has 0 spiro atoms. The van der Waals surface area contributed by atoms with Gasteiger partial charge in [0.15, 0.2) is 0 Å². The first-order chi connectivity index (χ1) is 21.8. The third-order valence-corrected chi connectivity index (χ3v) is 8.67. The van der Waals surface area contributed by atoms with Crippen LogP contribution in [0.2, 0.25) is 0 Å². The van der Waals surface area contributed by atoms with E-state index < -0.39 is 0 Å². The average Bonchev–Trinajstić information content (AvgIpc) is 3.11. The molecule has 0 aromatic heterocycles. The van der Waals surface area contributed by atoms with Crippen LogP contribution in [0.3, 0.4) is 0 Å². The second-order valence-corrected chi connectivity index (χ2v) is 11.3. The minimum Gasteiger partial charge on any atom is -0.0622 e. The van der Waals surface area contributed by atoms with Crippen molar-refractivity contribution >= 4 is 21.5 Å². The lowest BCUT2D eigenvalue weighted by Gasteiger charge is -2.18. The highest BCUT2D eigenvalue weighted by Crippen LogP contribution is 2.44. The first-order valence-corrected chi connectivity index (χ1v) is 15.2. The van der Waals surface area contributed by atoms with E-state index in [0.717, 1.165) is 0 Å². The van der Waals surface area contributed by atoms with E-state index in [1.54, 1.807) is 0 Å². The minimum absolute atomic E-state index is 1.21. The molecular formula is C44H30. The fourth-order valence-electron chi connectivity index (χ4n) is 6.57. The largest absolute Gasteiger partial charge is 0.0622 e. The molecule has 0 amide bonds. The van der Waals surface area contributed by atoms with E-state index in [1.807, 2.05) is 0 Å². The lowest BCUT2D eigenvalue weighted by molar-refractivity contribution is 1.57. The minimum atomic E-state index is 1.21. The van der Waals surface area contributed by atoms with E-state index in [1.165, 1.54) is 77.2 Å². The van der Waals surface area contributed by atoms with Gasteiger partial charge in [0, 0.05) is 0 Å². The van der Waals surface area contributed by atoms with Gasteiger partial charge in [0.1, 0.15) is 0 Å². The summed E-state index contributed by atoms with van der Waals surface area (Å²) in [5, 5.41) is 5.10. The molecule has 0 aliphatic heterocycles. The molecule has 0 heterocycles. The van der Waals surface area contributed by atoms with E-state index in [4.69, 9.17) is 0 Å². The highest BCUT2D eigenvalue weighted by atomic mass is 14.2. The first kappa shape index (κ1) is 25.9. The molecular weight excluding hydrogens is 528 g/mol. The van der Waals surface area contributed by atoms with Crippen molar-refractivity contribution in [2.75, 3.05) is 0 Å². The van der Waals surface area contributed by atoms with Crippen molar-refractivity contribution in [2.45, 2.75) is 0 Å². The van der Waals surface area contributed by atoms with Crippen LogP contribution in [0.25, 0.3) is 77.2 Å². The van der Waals surface area contributed by atoms with Crippen molar-refractivity contribution in [3.8, 4) is 55.6 Å². The number of benzene rings is 8. The first-order valence-electron chi connectivity index (χ1n) is 15.2. The summed E-state index contributed by atoms with van der Waals surface area (Å²) in [5.74, 6) is 0. The fourth-order valence-corrected chi connectivity index (χ4v) is 6.57. The van der Waals surface area contributed by atoms with Gasteiger partial charge in [0.2, 0.25) is 0 Å². The molecule has 0 saturated heterocycles. The number of hydrogen-bond donors (Lipinski definition) is 0. The molecule has 0 aliphatic carbocycles. The van der Waals surface area contributed by atoms with Crippen LogP contribution in [-0.4, -0.2) is 0 Å². The Bertz CT molecular complexity index is 2180. The standard InChI is InChI=1S/C44H30/c1-3-13-31(14-4-1)32-25-27-33(28-26-32)35-17-11-18-36(29-35)37-19-12-20-38(30-37)44-41-23-9-7-21-39(41)43(34-15-5-2-6-16-34)40-22-8-10-24-42(40)44/h1-30H. The van der Waals surface area contributed by atoms with Crippen LogP contribution in [0, 0.1) is 0 Å². The molecule has 0 atom stereocenters. The zero-order valence-electron chi connectivity index (χ0n) is 24.3. The van der Waals surface area contributed by atoms with E-state index in [-0.39, 0.29) is 0 Å². The molecule has 44 heavy (non-hydrogen) atoms. The third-order valence-electron chi connectivity index (χ3n) is 8.67. The van der Waals surface area contributed by atoms with Gasteiger partial charge in [-0.1, -0.05) is 170 Å². The lowest BCUT2D eigenvalue weighted by atomic mass is 9.85. The Morgan fingerprint density at radius 1 is 0.182 bits per heavy atom. The van der Waals surface area contributed by atoms with E-state index >= 15 is 0 Å². The van der Waals surface area contributed by atoms with Gasteiger partial charge < -0.3 is 0 Å². The maximum absolute atomic E-state index is 2.36. The van der Waals surface area contributed by atoms with Crippen LogP contribution in [0.4, 0.5) is 0 Å². The van der Waals surface area contributed by atoms with E-state index in [0.29, 0.717) is 0 Å². The molecule has 0 radical (unpaired) electrons. The quantitative estimate of drug-likeness (QED) is 0.184. The Labute approximate surface area is 258 Å². The molecule has 0 bridgehead atoms. The van der Waals surface area contributed by atoms with Crippen molar-refractivity contribution in [3.05, 3.63) is 182 Å². The summed E-state index contributed by atoms with van der Waals surface area (Å²) in [6.45, 7) is 0. The molecule has 8 aromatic carbocycles. The van der Waals surface area contributed by atoms with Crippen LogP contribution >= 0.6 is 0 Å². The lowest BCUT2D eigenvalue weighted by Crippen LogP contribution is -1.91. The number of rotatable bonds is 5. The number of fused-ring (bicyclic) bond motifs is 2. The van der Waals surface area contributed by atoms with Crippen molar-refractivity contribution in [3.63, 3.8) is 0 Å². The van der Waals surface area contributed by atoms with Gasteiger partial charge >= 0.3 is 0 Å². The highest BCUT2D eigenvalue weighted by molar-refractivity contribution is 6.21. The fraction of sp³-hybridized carbons (Fsp3) is 0. The predicted octanol–water partition coefficient (Wildman–Crippen LogP) is 12.3. The second-order valence-electron chi connectivity index (χ2n) is 11.3. The molecule has 0 aliphatic rings. The Morgan fingerprint density at radius 3 is 0.977 bits per heavy atom. The summed E-state index contributed by atoms with van der Waals surface area (Å²) < 4.78 is 0. The molecule has 0 fully saturated rings. The molecule has 206 valence electrons. The highest BCUT2D eigenvalue weighted by Gasteiger charge is 2.16. The Hall–Kier alpha value is -5.72. The number of hydrogen-bond acceptors (Lipinski definition) is 0. The summed E-state index contributed by atoms with van der Waals surface area (Å²) in [6, 6.07) is 65.9. The molecule has 0 saturated carbocycles. The van der Waals surface area contributed by atoms with Crippen LogP contribution in [-0.2, 0) is 0 Å². The Morgan fingerprint density at radius 2 is 0.477 bits per heavy atom. The smallest absolute Gasteiger partial charge is 0.00262 e. The summed E-state index contributed by atoms with van der Waals surface area (Å²) in [7, 11) is 0. The SMILES string of the molecule is c1ccc(-c2ccc(-c3cccc(-c4cccc(-c5c6ccccc6c(-c6ccccc6)c6ccccc56)c4)c3)cc2)cc1. The van der Waals surface area contributed by atoms with Gasteiger partial charge in [-0.2, -0.15) is 0 Å². The maximum atomic E-state index is 2.36. The van der Waals surface area contributed by atoms with Crippen molar-refractivity contribution in [2.24, 2.45) is 0 Å². The maximum Gasteiger partial charge on any atom is -0.00262 e. The third kappa shape index (κ3) is 4.68. The molecule has 0 nitrogen and oxygen atoms in total. The van der Waals surface area contributed by atoms with Crippen molar-refractivity contribution in [1.29, 1.82) is 0 Å². The molecule has 8 aromatic rings. The van der Waals surface area contributed by atoms with Gasteiger partial charge in [0.05, 0.1) is 0 Å². The van der Waals surface area contributed by atoms with Crippen LogP contribution < -0.4 is 0 Å². The van der Waals surface area contributed by atoms with Crippen LogP contribution in [0.1, 0.15) is 0 Å². The Balaban J connectivity index is 1.24. The normalized spacial score (nSPS) is 11.2. The summed E-state index contributed by atoms with van der Waals surface area (Å²) in [6.07, 6.45) is 0. The zero-order valence-corrected chi connectivity index (χ0v) is 24.3. The molecule has 0 heteroatoms. The van der Waals surface area contributed by atoms with Gasteiger partial charge in [-0.05, 0) is 89.3 Å². The van der Waals surface area contributed by atoms with Gasteiger partial charge in [-0.15, -0.1) is 0 Å². The molecule has 8 rings (SSSR count). The van der Waals surface area contributed by atoms with Crippen molar-refractivity contribution < 1.29 is 0 Å². The predicted molar refractivity (Wildman–Crippen MR) is 189 cm³/mol. The van der Waals surface area contributed by atoms with E-state index in [9.17, 15) is 0 Å². The second kappa shape index (κ2) is 11.2. The average molecular weight is 559 g/mol. The summed E-state index contributed by atoms with van der Waals surface area (Å²) >= 11 is 0. The van der Waals surface area contributed by atoms with Gasteiger partial charge in [-0.25, -0.2) is 0 Å².